The molecular weight excluding hydrogens is 324 g/mol. The molecule has 26 heavy (non-hydrogen) atoms. The molecule has 0 saturated heterocycles. The van der Waals surface area contributed by atoms with Crippen LogP contribution in [-0.2, 0) is 0 Å². The first-order valence-electron chi connectivity index (χ1n) is 8.80. The molecule has 134 valence electrons. The average Bonchev–Trinajstić information content (AvgIpc) is 2.67. The maximum Gasteiger partial charge on any atom is 0.251 e. The number of nitrogens with one attached hydrogen (secondary N) is 2. The second-order valence-corrected chi connectivity index (χ2v) is 6.64. The van der Waals surface area contributed by atoms with Gasteiger partial charge in [-0.3, -0.25) is 4.79 Å². The molecule has 4 nitrogen and oxygen atoms in total. The summed E-state index contributed by atoms with van der Waals surface area (Å²) in [4.78, 5) is 13.9. The molecule has 0 radical (unpaired) electrons. The lowest BCUT2D eigenvalue weighted by molar-refractivity contribution is -0.890. The molecule has 1 amide bonds. The summed E-state index contributed by atoms with van der Waals surface area (Å²) in [6, 6.07) is 21.9. The first kappa shape index (κ1) is 18.0. The molecule has 2 N–H and O–H groups in total. The Balaban J connectivity index is 1.77. The van der Waals surface area contributed by atoms with Crippen LogP contribution in [0.5, 0.6) is 5.75 Å². The fraction of sp³-hybridized carbons (Fsp3) is 0.227. The molecule has 0 unspecified atom stereocenters. The molecular formula is C22H25N2O2+. The summed E-state index contributed by atoms with van der Waals surface area (Å²) in [6.45, 7) is 0.536. The van der Waals surface area contributed by atoms with E-state index in [1.165, 1.54) is 4.90 Å². The SMILES string of the molecule is COc1ccccc1[C@H](CNC(=O)c1ccc2ccccc2c1)[NH+](C)C. The lowest BCUT2D eigenvalue weighted by Gasteiger charge is -2.23. The minimum absolute atomic E-state index is 0.0584. The highest BCUT2D eigenvalue weighted by atomic mass is 16.5. The van der Waals surface area contributed by atoms with E-state index in [0.29, 0.717) is 12.1 Å². The molecule has 3 aromatic rings. The minimum atomic E-state index is -0.0584. The highest BCUT2D eigenvalue weighted by molar-refractivity contribution is 5.98. The van der Waals surface area contributed by atoms with E-state index in [1.54, 1.807) is 7.11 Å². The van der Waals surface area contributed by atoms with Gasteiger partial charge < -0.3 is 15.0 Å². The zero-order chi connectivity index (χ0) is 18.5. The van der Waals surface area contributed by atoms with Gasteiger partial charge in [0.05, 0.1) is 33.3 Å². The summed E-state index contributed by atoms with van der Waals surface area (Å²) in [5, 5.41) is 5.28. The number of carbonyl (C=O) groups excluding carboxylic acids is 1. The van der Waals surface area contributed by atoms with Crippen LogP contribution in [0, 0.1) is 0 Å². The molecule has 0 aliphatic carbocycles. The lowest BCUT2D eigenvalue weighted by atomic mass is 10.0. The van der Waals surface area contributed by atoms with Crippen LogP contribution < -0.4 is 15.0 Å². The zero-order valence-corrected chi connectivity index (χ0v) is 15.5. The highest BCUT2D eigenvalue weighted by Gasteiger charge is 2.22. The van der Waals surface area contributed by atoms with Gasteiger partial charge in [0.2, 0.25) is 0 Å². The summed E-state index contributed by atoms with van der Waals surface area (Å²) in [5.41, 5.74) is 1.77. The Morgan fingerprint density at radius 3 is 2.42 bits per heavy atom. The number of quaternary nitrogens is 1. The van der Waals surface area contributed by atoms with Crippen LogP contribution in [0.4, 0.5) is 0 Å². The number of fused-ring (bicyclic) bond motifs is 1. The highest BCUT2D eigenvalue weighted by Crippen LogP contribution is 2.22. The monoisotopic (exact) mass is 349 g/mol. The number of amides is 1. The van der Waals surface area contributed by atoms with Gasteiger partial charge in [0.15, 0.2) is 0 Å². The van der Waals surface area contributed by atoms with Gasteiger partial charge >= 0.3 is 0 Å². The Morgan fingerprint density at radius 1 is 1.00 bits per heavy atom. The quantitative estimate of drug-likeness (QED) is 0.718. The van der Waals surface area contributed by atoms with Crippen molar-refractivity contribution in [1.29, 1.82) is 0 Å². The number of hydrogen-bond acceptors (Lipinski definition) is 2. The first-order valence-corrected chi connectivity index (χ1v) is 8.80. The van der Waals surface area contributed by atoms with Crippen molar-refractivity contribution in [2.24, 2.45) is 0 Å². The Kier molecular flexibility index (Phi) is 5.54. The van der Waals surface area contributed by atoms with Crippen molar-refractivity contribution in [1.82, 2.24) is 5.32 Å². The van der Waals surface area contributed by atoms with Crippen molar-refractivity contribution in [3.63, 3.8) is 0 Å². The average molecular weight is 349 g/mol. The molecule has 4 heteroatoms. The van der Waals surface area contributed by atoms with Crippen LogP contribution in [-0.4, -0.2) is 33.7 Å². The third-order valence-corrected chi connectivity index (χ3v) is 4.69. The second-order valence-electron chi connectivity index (χ2n) is 6.64. The topological polar surface area (TPSA) is 42.8 Å². The molecule has 0 spiro atoms. The molecule has 0 saturated carbocycles. The molecule has 0 aromatic heterocycles. The van der Waals surface area contributed by atoms with Crippen molar-refractivity contribution < 1.29 is 14.4 Å². The number of methoxy groups -OCH3 is 1. The Morgan fingerprint density at radius 2 is 1.69 bits per heavy atom. The first-order chi connectivity index (χ1) is 12.6. The van der Waals surface area contributed by atoms with Crippen molar-refractivity contribution in [3.05, 3.63) is 77.9 Å². The van der Waals surface area contributed by atoms with Gasteiger partial charge in [-0.2, -0.15) is 0 Å². The number of para-hydroxylation sites is 1. The van der Waals surface area contributed by atoms with Crippen molar-refractivity contribution in [2.75, 3.05) is 27.7 Å². The van der Waals surface area contributed by atoms with E-state index >= 15 is 0 Å². The minimum Gasteiger partial charge on any atom is -0.496 e. The Bertz CT molecular complexity index is 905. The third kappa shape index (κ3) is 3.86. The molecule has 3 rings (SSSR count). The zero-order valence-electron chi connectivity index (χ0n) is 15.5. The summed E-state index contributed by atoms with van der Waals surface area (Å²) in [5.74, 6) is 0.788. The van der Waals surface area contributed by atoms with Gasteiger partial charge in [-0.15, -0.1) is 0 Å². The molecule has 1 atom stereocenters. The molecule has 0 bridgehead atoms. The smallest absolute Gasteiger partial charge is 0.251 e. The fourth-order valence-corrected chi connectivity index (χ4v) is 3.21. The van der Waals surface area contributed by atoms with E-state index in [0.717, 1.165) is 22.1 Å². The van der Waals surface area contributed by atoms with Crippen LogP contribution in [0.25, 0.3) is 10.8 Å². The van der Waals surface area contributed by atoms with Crippen molar-refractivity contribution in [2.45, 2.75) is 6.04 Å². The van der Waals surface area contributed by atoms with E-state index in [-0.39, 0.29) is 11.9 Å². The van der Waals surface area contributed by atoms with Gasteiger partial charge in [0.1, 0.15) is 11.8 Å². The van der Waals surface area contributed by atoms with Gasteiger partial charge in [-0.1, -0.05) is 42.5 Å². The number of carbonyl (C=O) groups is 1. The van der Waals surface area contributed by atoms with E-state index in [1.807, 2.05) is 60.7 Å². The normalized spacial score (nSPS) is 12.2. The number of ether oxygens (including phenoxy) is 1. The molecule has 0 heterocycles. The van der Waals surface area contributed by atoms with Gasteiger partial charge in [-0.05, 0) is 35.0 Å². The van der Waals surface area contributed by atoms with E-state index in [4.69, 9.17) is 4.74 Å². The predicted octanol–water partition coefficient (Wildman–Crippen LogP) is 2.46. The maximum absolute atomic E-state index is 12.6. The predicted molar refractivity (Wildman–Crippen MR) is 105 cm³/mol. The van der Waals surface area contributed by atoms with Crippen LogP contribution in [0.3, 0.4) is 0 Å². The van der Waals surface area contributed by atoms with Crippen LogP contribution in [0.1, 0.15) is 22.0 Å². The number of rotatable bonds is 6. The van der Waals surface area contributed by atoms with Crippen LogP contribution in [0.15, 0.2) is 66.7 Å². The maximum atomic E-state index is 12.6. The summed E-state index contributed by atoms with van der Waals surface area (Å²) < 4.78 is 5.49. The standard InChI is InChI=1S/C22H24N2O2/c1-24(2)20(19-10-6-7-11-21(19)26-3)15-23-22(25)18-13-12-16-8-4-5-9-17(16)14-18/h4-14,20H,15H2,1-3H3,(H,23,25)/p+1/t20-/m0/s1. The largest absolute Gasteiger partial charge is 0.496 e. The van der Waals surface area contributed by atoms with Crippen LogP contribution in [0.2, 0.25) is 0 Å². The second kappa shape index (κ2) is 8.02. The Labute approximate surface area is 154 Å². The summed E-state index contributed by atoms with van der Waals surface area (Å²) in [6.07, 6.45) is 0. The number of benzene rings is 3. The fourth-order valence-electron chi connectivity index (χ4n) is 3.21. The van der Waals surface area contributed by atoms with E-state index < -0.39 is 0 Å². The summed E-state index contributed by atoms with van der Waals surface area (Å²) in [7, 11) is 5.84. The van der Waals surface area contributed by atoms with Gasteiger partial charge in [0.25, 0.3) is 5.91 Å². The lowest BCUT2D eigenvalue weighted by Crippen LogP contribution is -3.07. The molecule has 0 aliphatic heterocycles. The molecule has 3 aromatic carbocycles. The van der Waals surface area contributed by atoms with Crippen molar-refractivity contribution >= 4 is 16.7 Å². The molecule has 0 fully saturated rings. The van der Waals surface area contributed by atoms with Gasteiger partial charge in [0, 0.05) is 5.56 Å². The number of likely N-dealkylation sites (N-methyl/N-ethyl adjacent to an activating group) is 1. The summed E-state index contributed by atoms with van der Waals surface area (Å²) >= 11 is 0. The Hall–Kier alpha value is -2.85. The third-order valence-electron chi connectivity index (χ3n) is 4.69. The van der Waals surface area contributed by atoms with Gasteiger partial charge in [-0.25, -0.2) is 0 Å². The van der Waals surface area contributed by atoms with E-state index in [9.17, 15) is 4.79 Å². The van der Waals surface area contributed by atoms with Crippen molar-refractivity contribution in [3.8, 4) is 5.75 Å². The van der Waals surface area contributed by atoms with Crippen LogP contribution >= 0.6 is 0 Å². The number of hydrogen-bond donors (Lipinski definition) is 2. The molecule has 0 aliphatic rings. The van der Waals surface area contributed by atoms with E-state index in [2.05, 4.69) is 25.5 Å².